The second kappa shape index (κ2) is 9.56. The molecule has 1 aliphatic rings. The summed E-state index contributed by atoms with van der Waals surface area (Å²) in [4.78, 5) is 29.1. The highest BCUT2D eigenvalue weighted by atomic mass is 31.2. The van der Waals surface area contributed by atoms with E-state index < -0.39 is 31.2 Å². The minimum absolute atomic E-state index is 0.0191. The summed E-state index contributed by atoms with van der Waals surface area (Å²) in [5.41, 5.74) is 11.1. The normalized spacial score (nSPS) is 16.8. The van der Waals surface area contributed by atoms with Crippen LogP contribution in [0.3, 0.4) is 0 Å². The maximum absolute atomic E-state index is 13.9. The minimum Gasteiger partial charge on any atom is -0.415 e. The van der Waals surface area contributed by atoms with Crippen LogP contribution in [0.5, 0.6) is 11.5 Å². The highest BCUT2D eigenvalue weighted by Gasteiger charge is 2.47. The van der Waals surface area contributed by atoms with Crippen molar-refractivity contribution in [2.24, 2.45) is 16.5 Å². The van der Waals surface area contributed by atoms with Crippen LogP contribution in [0.4, 0.5) is 0 Å². The molecule has 1 heterocycles. The Morgan fingerprint density at radius 1 is 1.07 bits per heavy atom. The summed E-state index contributed by atoms with van der Waals surface area (Å²) in [6, 6.07) is 16.1. The maximum Gasteiger partial charge on any atom is 0.455 e. The second-order valence-corrected chi connectivity index (χ2v) is 8.71. The number of aliphatic imine (C=N–C) groups is 1. The summed E-state index contributed by atoms with van der Waals surface area (Å²) in [6.07, 6.45) is 1.29. The maximum atomic E-state index is 13.9. The number of hydrogen-bond acceptors (Lipinski definition) is 7. The Kier molecular flexibility index (Phi) is 6.87. The monoisotopic (exact) mass is 430 g/mol. The lowest BCUT2D eigenvalue weighted by Crippen LogP contribution is -2.47. The molecular formula is C20H23N4O5P. The van der Waals surface area contributed by atoms with Gasteiger partial charge in [0.2, 0.25) is 11.8 Å². The van der Waals surface area contributed by atoms with Crippen LogP contribution < -0.4 is 20.5 Å². The molecule has 1 unspecified atom stereocenters. The quantitative estimate of drug-likeness (QED) is 0.585. The van der Waals surface area contributed by atoms with Gasteiger partial charge in [0.15, 0.2) is 5.78 Å². The van der Waals surface area contributed by atoms with Crippen molar-refractivity contribution < 1.29 is 23.2 Å². The molecule has 10 heteroatoms. The predicted octanol–water partition coefficient (Wildman–Crippen LogP) is 2.13. The van der Waals surface area contributed by atoms with Crippen molar-refractivity contribution in [2.45, 2.75) is 24.7 Å². The Balaban J connectivity index is 1.87. The summed E-state index contributed by atoms with van der Waals surface area (Å²) in [7, 11) is -3.97. The van der Waals surface area contributed by atoms with Gasteiger partial charge in [0.1, 0.15) is 11.5 Å². The fraction of sp³-hybridized carbons (Fsp3) is 0.250. The van der Waals surface area contributed by atoms with Gasteiger partial charge in [-0.15, -0.1) is 0 Å². The molecule has 0 aliphatic carbocycles. The molecule has 0 spiro atoms. The number of para-hydroxylation sites is 2. The lowest BCUT2D eigenvalue weighted by atomic mass is 10.1. The van der Waals surface area contributed by atoms with Gasteiger partial charge in [-0.25, -0.2) is 4.57 Å². The third-order valence-electron chi connectivity index (χ3n) is 4.39. The van der Waals surface area contributed by atoms with E-state index >= 15 is 0 Å². The van der Waals surface area contributed by atoms with E-state index in [1.54, 1.807) is 60.7 Å². The van der Waals surface area contributed by atoms with Crippen molar-refractivity contribution in [1.82, 2.24) is 4.90 Å². The van der Waals surface area contributed by atoms with Crippen LogP contribution in [0.2, 0.25) is 0 Å². The van der Waals surface area contributed by atoms with Crippen LogP contribution in [-0.2, 0) is 14.2 Å². The van der Waals surface area contributed by atoms with E-state index in [1.807, 2.05) is 0 Å². The number of benzene rings is 2. The third-order valence-corrected chi connectivity index (χ3v) is 6.46. The molecule has 9 nitrogen and oxygen atoms in total. The highest BCUT2D eigenvalue weighted by molar-refractivity contribution is 7.55. The van der Waals surface area contributed by atoms with Crippen molar-refractivity contribution in [3.63, 3.8) is 0 Å². The first-order valence-electron chi connectivity index (χ1n) is 9.34. The first kappa shape index (κ1) is 21.5. The van der Waals surface area contributed by atoms with Gasteiger partial charge in [-0.1, -0.05) is 36.4 Å². The number of primary amides is 1. The number of carbonyl (C=O) groups is 2. The zero-order chi connectivity index (χ0) is 21.6. The number of rotatable bonds is 9. The Hall–Kier alpha value is -3.16. The smallest absolute Gasteiger partial charge is 0.415 e. The highest BCUT2D eigenvalue weighted by Crippen LogP contribution is 2.54. The molecule has 2 aromatic carbocycles. The van der Waals surface area contributed by atoms with E-state index in [1.165, 1.54) is 6.34 Å². The number of amides is 2. The molecule has 2 atom stereocenters. The van der Waals surface area contributed by atoms with E-state index in [-0.39, 0.29) is 19.4 Å². The van der Waals surface area contributed by atoms with Crippen LogP contribution in [0.1, 0.15) is 12.8 Å². The number of nitrogens with two attached hydrogens (primary N) is 2. The SMILES string of the molecule is NC(=O)CC[C@H](N)C(=O)N1C=NCC1P(=O)(Oc1ccccc1)Oc1ccccc1. The Morgan fingerprint density at radius 2 is 1.60 bits per heavy atom. The van der Waals surface area contributed by atoms with Gasteiger partial charge in [0.05, 0.1) is 18.9 Å². The largest absolute Gasteiger partial charge is 0.455 e. The van der Waals surface area contributed by atoms with Crippen LogP contribution in [0.15, 0.2) is 65.7 Å². The Bertz CT molecular complexity index is 909. The van der Waals surface area contributed by atoms with Gasteiger partial charge in [-0.2, -0.15) is 0 Å². The van der Waals surface area contributed by atoms with Gasteiger partial charge >= 0.3 is 7.60 Å². The number of carbonyl (C=O) groups excluding carboxylic acids is 2. The van der Waals surface area contributed by atoms with Crippen LogP contribution in [0.25, 0.3) is 0 Å². The summed E-state index contributed by atoms with van der Waals surface area (Å²) in [5, 5.41) is 0. The van der Waals surface area contributed by atoms with Crippen molar-refractivity contribution in [3.05, 3.63) is 60.7 Å². The zero-order valence-electron chi connectivity index (χ0n) is 16.2. The fourth-order valence-corrected chi connectivity index (χ4v) is 4.74. The van der Waals surface area contributed by atoms with E-state index in [0.717, 1.165) is 4.90 Å². The van der Waals surface area contributed by atoms with Crippen molar-refractivity contribution >= 4 is 25.7 Å². The standard InChI is InChI=1S/C20H23N4O5P/c21-17(11-12-18(22)25)20(26)24-14-23-13-19(24)30(27,28-15-7-3-1-4-8-15)29-16-9-5-2-6-10-16/h1-10,14,17,19H,11-13,21H2,(H2,22,25)/t17-,19?/m0/s1. The third kappa shape index (κ3) is 5.25. The molecule has 3 rings (SSSR count). The van der Waals surface area contributed by atoms with Gasteiger partial charge in [0.25, 0.3) is 0 Å². The summed E-state index contributed by atoms with van der Waals surface area (Å²) < 4.78 is 25.5. The molecule has 0 fully saturated rings. The lowest BCUT2D eigenvalue weighted by Gasteiger charge is -2.30. The number of nitrogens with zero attached hydrogens (tertiary/aromatic N) is 2. The average molecular weight is 430 g/mol. The summed E-state index contributed by atoms with van der Waals surface area (Å²) >= 11 is 0. The van der Waals surface area contributed by atoms with Crippen LogP contribution in [0, 0.1) is 0 Å². The first-order valence-corrected chi connectivity index (χ1v) is 11.0. The molecule has 4 N–H and O–H groups in total. The molecule has 0 radical (unpaired) electrons. The van der Waals surface area contributed by atoms with Crippen molar-refractivity contribution in [1.29, 1.82) is 0 Å². The molecule has 2 amide bonds. The molecule has 30 heavy (non-hydrogen) atoms. The average Bonchev–Trinajstić information content (AvgIpc) is 3.23. The minimum atomic E-state index is -3.97. The zero-order valence-corrected chi connectivity index (χ0v) is 17.1. The van der Waals surface area contributed by atoms with Crippen LogP contribution >= 0.6 is 7.60 Å². The lowest BCUT2D eigenvalue weighted by molar-refractivity contribution is -0.129. The first-order chi connectivity index (χ1) is 14.4. The fourth-order valence-electron chi connectivity index (χ4n) is 2.86. The van der Waals surface area contributed by atoms with Crippen molar-refractivity contribution in [2.75, 3.05) is 6.54 Å². The van der Waals surface area contributed by atoms with Gasteiger partial charge < -0.3 is 20.5 Å². The van der Waals surface area contributed by atoms with E-state index in [4.69, 9.17) is 20.5 Å². The van der Waals surface area contributed by atoms with Gasteiger partial charge in [-0.05, 0) is 30.7 Å². The number of hydrogen-bond donors (Lipinski definition) is 2. The van der Waals surface area contributed by atoms with Gasteiger partial charge in [-0.3, -0.25) is 19.5 Å². The Morgan fingerprint density at radius 3 is 2.10 bits per heavy atom. The summed E-state index contributed by atoms with van der Waals surface area (Å²) in [5.74, 6) is -1.46. The molecule has 2 aromatic rings. The van der Waals surface area contributed by atoms with Crippen LogP contribution in [-0.4, -0.2) is 41.4 Å². The Labute approximate surface area is 174 Å². The summed E-state index contributed by atoms with van der Waals surface area (Å²) in [6.45, 7) is 0.0191. The molecule has 0 saturated heterocycles. The topological polar surface area (TPSA) is 137 Å². The second-order valence-electron chi connectivity index (χ2n) is 6.67. The van der Waals surface area contributed by atoms with Gasteiger partial charge in [0, 0.05) is 6.42 Å². The van der Waals surface area contributed by atoms with E-state index in [0.29, 0.717) is 11.5 Å². The molecule has 158 valence electrons. The molecule has 0 aromatic heterocycles. The van der Waals surface area contributed by atoms with E-state index in [2.05, 4.69) is 4.99 Å². The van der Waals surface area contributed by atoms with E-state index in [9.17, 15) is 14.2 Å². The van der Waals surface area contributed by atoms with Crippen molar-refractivity contribution in [3.8, 4) is 11.5 Å². The molecule has 0 saturated carbocycles. The molecule has 1 aliphatic heterocycles. The molecule has 0 bridgehead atoms. The predicted molar refractivity (Wildman–Crippen MR) is 112 cm³/mol. The molecular weight excluding hydrogens is 407 g/mol.